The smallest absolute Gasteiger partial charge is 0.222 e. The second-order valence-electron chi connectivity index (χ2n) is 4.50. The highest BCUT2D eigenvalue weighted by molar-refractivity contribution is 7.15. The first kappa shape index (κ1) is 12.8. The van der Waals surface area contributed by atoms with Crippen molar-refractivity contribution in [3.05, 3.63) is 47.3 Å². The second-order valence-corrected chi connectivity index (χ2v) is 5.67. The Bertz CT molecular complexity index is 516. The minimum atomic E-state index is 0.0403. The summed E-state index contributed by atoms with van der Waals surface area (Å²) in [4.78, 5) is 13.9. The van der Waals surface area contributed by atoms with Gasteiger partial charge in [-0.3, -0.25) is 4.79 Å². The zero-order valence-electron chi connectivity index (χ0n) is 10.6. The number of rotatable bonds is 4. The van der Waals surface area contributed by atoms with Crippen molar-refractivity contribution in [1.29, 1.82) is 0 Å². The van der Waals surface area contributed by atoms with Crippen LogP contribution in [0.15, 0.2) is 42.5 Å². The van der Waals surface area contributed by atoms with Gasteiger partial charge in [0.15, 0.2) is 0 Å². The van der Waals surface area contributed by atoms with Crippen LogP contribution in [0.4, 0.5) is 0 Å². The first-order valence-electron chi connectivity index (χ1n) is 6.08. The molecule has 0 aliphatic rings. The number of nitrogens with one attached hydrogen (secondary N) is 1. The van der Waals surface area contributed by atoms with Crippen LogP contribution in [0.1, 0.15) is 18.7 Å². The van der Waals surface area contributed by atoms with E-state index in [1.54, 1.807) is 11.3 Å². The molecule has 1 N–H and O–H groups in total. The van der Waals surface area contributed by atoms with Gasteiger partial charge in [-0.25, -0.2) is 0 Å². The Morgan fingerprint density at radius 3 is 2.56 bits per heavy atom. The lowest BCUT2D eigenvalue weighted by Gasteiger charge is -2.05. The maximum atomic E-state index is 11.5. The quantitative estimate of drug-likeness (QED) is 0.891. The third kappa shape index (κ3) is 3.20. The molecule has 0 saturated heterocycles. The Hall–Kier alpha value is -1.61. The molecule has 0 atom stereocenters. The Balaban J connectivity index is 2.01. The lowest BCUT2D eigenvalue weighted by molar-refractivity contribution is -0.124. The maximum Gasteiger partial charge on any atom is 0.222 e. The normalized spacial score (nSPS) is 10.6. The molecule has 18 heavy (non-hydrogen) atoms. The number of benzene rings is 1. The van der Waals surface area contributed by atoms with Crippen molar-refractivity contribution in [3.8, 4) is 10.4 Å². The number of carbonyl (C=O) groups is 1. The molecule has 0 unspecified atom stereocenters. The highest BCUT2D eigenvalue weighted by Gasteiger charge is 2.07. The zero-order chi connectivity index (χ0) is 13.0. The van der Waals surface area contributed by atoms with Gasteiger partial charge < -0.3 is 5.32 Å². The van der Waals surface area contributed by atoms with Crippen molar-refractivity contribution >= 4 is 17.2 Å². The minimum absolute atomic E-state index is 0.0403. The number of hydrogen-bond donors (Lipinski definition) is 1. The van der Waals surface area contributed by atoms with E-state index in [9.17, 15) is 4.79 Å². The average molecular weight is 259 g/mol. The van der Waals surface area contributed by atoms with Crippen molar-refractivity contribution in [2.45, 2.75) is 20.4 Å². The molecule has 1 heterocycles. The molecule has 2 aromatic rings. The molecule has 1 amide bonds. The topological polar surface area (TPSA) is 29.1 Å². The first-order chi connectivity index (χ1) is 8.66. The number of hydrogen-bond acceptors (Lipinski definition) is 2. The molecule has 1 aromatic carbocycles. The van der Waals surface area contributed by atoms with Gasteiger partial charge >= 0.3 is 0 Å². The molecule has 0 radical (unpaired) electrons. The molecule has 0 saturated carbocycles. The SMILES string of the molecule is CC(C)C(=O)NCc1ccc(-c2ccccc2)s1. The van der Waals surface area contributed by atoms with Crippen LogP contribution in [0.2, 0.25) is 0 Å². The predicted molar refractivity (Wildman–Crippen MR) is 76.4 cm³/mol. The second kappa shape index (κ2) is 5.83. The molecular weight excluding hydrogens is 242 g/mol. The number of carbonyl (C=O) groups excluding carboxylic acids is 1. The Morgan fingerprint density at radius 1 is 1.17 bits per heavy atom. The monoisotopic (exact) mass is 259 g/mol. The summed E-state index contributed by atoms with van der Waals surface area (Å²) in [5.41, 5.74) is 1.23. The van der Waals surface area contributed by atoms with Crippen molar-refractivity contribution < 1.29 is 4.79 Å². The molecule has 2 rings (SSSR count). The van der Waals surface area contributed by atoms with E-state index in [1.807, 2.05) is 32.0 Å². The summed E-state index contributed by atoms with van der Waals surface area (Å²) in [6.45, 7) is 4.42. The summed E-state index contributed by atoms with van der Waals surface area (Å²) < 4.78 is 0. The summed E-state index contributed by atoms with van der Waals surface area (Å²) in [6, 6.07) is 14.5. The van der Waals surface area contributed by atoms with Gasteiger partial charge in [-0.2, -0.15) is 0 Å². The Labute approximate surface area is 112 Å². The van der Waals surface area contributed by atoms with Gasteiger partial charge in [-0.15, -0.1) is 11.3 Å². The van der Waals surface area contributed by atoms with Gasteiger partial charge in [-0.1, -0.05) is 44.2 Å². The summed E-state index contributed by atoms with van der Waals surface area (Å²) in [5.74, 6) is 0.142. The molecule has 0 aliphatic carbocycles. The number of thiophene rings is 1. The molecule has 0 spiro atoms. The molecule has 0 fully saturated rings. The van der Waals surface area contributed by atoms with E-state index in [0.717, 1.165) is 0 Å². The molecule has 94 valence electrons. The van der Waals surface area contributed by atoms with Crippen LogP contribution in [-0.2, 0) is 11.3 Å². The van der Waals surface area contributed by atoms with Crippen LogP contribution in [0.5, 0.6) is 0 Å². The van der Waals surface area contributed by atoms with Gasteiger partial charge in [0.05, 0.1) is 6.54 Å². The fraction of sp³-hybridized carbons (Fsp3) is 0.267. The summed E-state index contributed by atoms with van der Waals surface area (Å²) in [6.07, 6.45) is 0. The average Bonchev–Trinajstić information content (AvgIpc) is 2.85. The van der Waals surface area contributed by atoms with E-state index in [4.69, 9.17) is 0 Å². The van der Waals surface area contributed by atoms with E-state index in [1.165, 1.54) is 15.3 Å². The van der Waals surface area contributed by atoms with E-state index >= 15 is 0 Å². The van der Waals surface area contributed by atoms with Crippen LogP contribution in [0.3, 0.4) is 0 Å². The van der Waals surface area contributed by atoms with Gasteiger partial charge in [-0.05, 0) is 17.7 Å². The molecule has 0 bridgehead atoms. The van der Waals surface area contributed by atoms with Crippen molar-refractivity contribution in [2.75, 3.05) is 0 Å². The van der Waals surface area contributed by atoms with Crippen LogP contribution in [0, 0.1) is 5.92 Å². The van der Waals surface area contributed by atoms with E-state index in [2.05, 4.69) is 29.6 Å². The first-order valence-corrected chi connectivity index (χ1v) is 6.90. The lowest BCUT2D eigenvalue weighted by atomic mass is 10.2. The maximum absolute atomic E-state index is 11.5. The van der Waals surface area contributed by atoms with Gasteiger partial charge in [0.1, 0.15) is 0 Å². The van der Waals surface area contributed by atoms with Crippen molar-refractivity contribution in [3.63, 3.8) is 0 Å². The summed E-state index contributed by atoms with van der Waals surface area (Å²) in [5, 5.41) is 2.93. The minimum Gasteiger partial charge on any atom is -0.351 e. The van der Waals surface area contributed by atoms with Gasteiger partial charge in [0.25, 0.3) is 0 Å². The molecule has 0 aliphatic heterocycles. The van der Waals surface area contributed by atoms with Crippen LogP contribution < -0.4 is 5.32 Å². The Morgan fingerprint density at radius 2 is 1.89 bits per heavy atom. The third-order valence-electron chi connectivity index (χ3n) is 2.68. The van der Waals surface area contributed by atoms with Gasteiger partial charge in [0, 0.05) is 15.7 Å². The summed E-state index contributed by atoms with van der Waals surface area (Å²) >= 11 is 1.72. The van der Waals surface area contributed by atoms with Crippen LogP contribution >= 0.6 is 11.3 Å². The van der Waals surface area contributed by atoms with E-state index in [0.29, 0.717) is 6.54 Å². The predicted octanol–water partition coefficient (Wildman–Crippen LogP) is 3.69. The fourth-order valence-corrected chi connectivity index (χ4v) is 2.56. The van der Waals surface area contributed by atoms with Crippen molar-refractivity contribution in [2.24, 2.45) is 5.92 Å². The standard InChI is InChI=1S/C15H17NOS/c1-11(2)15(17)16-10-13-8-9-14(18-13)12-6-4-3-5-7-12/h3-9,11H,10H2,1-2H3,(H,16,17). The lowest BCUT2D eigenvalue weighted by Crippen LogP contribution is -2.26. The summed E-state index contributed by atoms with van der Waals surface area (Å²) in [7, 11) is 0. The third-order valence-corrected chi connectivity index (χ3v) is 3.82. The Kier molecular flexibility index (Phi) is 4.15. The zero-order valence-corrected chi connectivity index (χ0v) is 11.5. The van der Waals surface area contributed by atoms with Gasteiger partial charge in [0.2, 0.25) is 5.91 Å². The number of amides is 1. The van der Waals surface area contributed by atoms with E-state index < -0.39 is 0 Å². The van der Waals surface area contributed by atoms with Crippen molar-refractivity contribution in [1.82, 2.24) is 5.32 Å². The molecule has 1 aromatic heterocycles. The molecule has 2 nitrogen and oxygen atoms in total. The van der Waals surface area contributed by atoms with Crippen LogP contribution in [-0.4, -0.2) is 5.91 Å². The molecular formula is C15H17NOS. The van der Waals surface area contributed by atoms with Crippen LogP contribution in [0.25, 0.3) is 10.4 Å². The largest absolute Gasteiger partial charge is 0.351 e. The fourth-order valence-electron chi connectivity index (χ4n) is 1.61. The highest BCUT2D eigenvalue weighted by atomic mass is 32.1. The van der Waals surface area contributed by atoms with E-state index in [-0.39, 0.29) is 11.8 Å². The highest BCUT2D eigenvalue weighted by Crippen LogP contribution is 2.27. The molecule has 3 heteroatoms.